The molecule has 0 radical (unpaired) electrons. The molecule has 0 bridgehead atoms. The van der Waals surface area contributed by atoms with Gasteiger partial charge in [0.1, 0.15) is 0 Å². The van der Waals surface area contributed by atoms with Crippen LogP contribution in [0.25, 0.3) is 0 Å². The highest BCUT2D eigenvalue weighted by Gasteiger charge is 2.29. The monoisotopic (exact) mass is 371 g/mol. The minimum Gasteiger partial charge on any atom is -0.339 e. The first-order valence-electron chi connectivity index (χ1n) is 8.55. The number of likely N-dealkylation sites (tertiary alicyclic amines) is 1. The van der Waals surface area contributed by atoms with Crippen LogP contribution in [-0.4, -0.2) is 34.7 Å². The smallest absolute Gasteiger partial charge is 0.305 e. The quantitative estimate of drug-likeness (QED) is 0.660. The lowest BCUT2D eigenvalue weighted by molar-refractivity contribution is -0.387. The van der Waals surface area contributed by atoms with Gasteiger partial charge in [-0.05, 0) is 37.1 Å². The Hall–Kier alpha value is -3.29. The van der Waals surface area contributed by atoms with Gasteiger partial charge in [-0.1, -0.05) is 18.2 Å². The van der Waals surface area contributed by atoms with Crippen LogP contribution in [0.5, 0.6) is 0 Å². The Balaban J connectivity index is 1.60. The molecule has 1 heterocycles. The van der Waals surface area contributed by atoms with Crippen molar-refractivity contribution in [1.82, 2.24) is 4.90 Å². The van der Waals surface area contributed by atoms with Gasteiger partial charge in [-0.25, -0.2) is 0 Å². The molecule has 7 nitrogen and oxygen atoms in total. The molecule has 27 heavy (non-hydrogen) atoms. The number of carbonyl (C=O) groups is 2. The first kappa shape index (κ1) is 18.5. The van der Waals surface area contributed by atoms with Crippen LogP contribution in [0, 0.1) is 21.8 Å². The first-order chi connectivity index (χ1) is 13.0. The number of piperidine rings is 1. The van der Waals surface area contributed by atoms with E-state index in [4.69, 9.17) is 0 Å². The van der Waals surface area contributed by atoms with E-state index in [-0.39, 0.29) is 17.4 Å². The van der Waals surface area contributed by atoms with E-state index in [9.17, 15) is 24.1 Å². The summed E-state index contributed by atoms with van der Waals surface area (Å²) in [4.78, 5) is 36.4. The fraction of sp³-hybridized carbons (Fsp3) is 0.263. The number of nitrogens with zero attached hydrogens (tertiary/aromatic N) is 2. The zero-order chi connectivity index (χ0) is 19.4. The number of para-hydroxylation sites is 1. The topological polar surface area (TPSA) is 92.6 Å². The Bertz CT molecular complexity index is 865. The van der Waals surface area contributed by atoms with Crippen molar-refractivity contribution in [3.05, 3.63) is 70.0 Å². The van der Waals surface area contributed by atoms with E-state index in [1.54, 1.807) is 12.1 Å². The molecular weight excluding hydrogens is 353 g/mol. The van der Waals surface area contributed by atoms with Crippen molar-refractivity contribution in [3.63, 3.8) is 0 Å². The highest BCUT2D eigenvalue weighted by Crippen LogP contribution is 2.23. The summed E-state index contributed by atoms with van der Waals surface area (Å²) in [6.45, 7) is 0.716. The Kier molecular flexibility index (Phi) is 5.44. The summed E-state index contributed by atoms with van der Waals surface area (Å²) in [6, 6.07) is 12.2. The minimum atomic E-state index is -0.979. The summed E-state index contributed by atoms with van der Waals surface area (Å²) in [6.07, 6.45) is 0.987. The summed E-state index contributed by atoms with van der Waals surface area (Å²) in [5.41, 5.74) is 0.0629. The SMILES string of the molecule is O=C(Nc1ccccc1)C1CCN(C(=O)c2ccc(F)c([N+](=O)[O-])c2)CC1. The summed E-state index contributed by atoms with van der Waals surface area (Å²) in [5.74, 6) is -1.68. The van der Waals surface area contributed by atoms with Gasteiger partial charge in [-0.3, -0.25) is 19.7 Å². The average molecular weight is 371 g/mol. The number of hydrogen-bond donors (Lipinski definition) is 1. The second-order valence-corrected chi connectivity index (χ2v) is 6.35. The number of rotatable bonds is 4. The predicted molar refractivity (Wildman–Crippen MR) is 96.8 cm³/mol. The lowest BCUT2D eigenvalue weighted by atomic mass is 9.95. The molecule has 0 unspecified atom stereocenters. The highest BCUT2D eigenvalue weighted by molar-refractivity contribution is 5.95. The Morgan fingerprint density at radius 1 is 1.11 bits per heavy atom. The van der Waals surface area contributed by atoms with Crippen LogP contribution in [0.15, 0.2) is 48.5 Å². The lowest BCUT2D eigenvalue weighted by Crippen LogP contribution is -2.41. The molecule has 0 atom stereocenters. The van der Waals surface area contributed by atoms with E-state index in [0.717, 1.165) is 17.8 Å². The van der Waals surface area contributed by atoms with Crippen molar-refractivity contribution in [2.75, 3.05) is 18.4 Å². The number of halogens is 1. The highest BCUT2D eigenvalue weighted by atomic mass is 19.1. The van der Waals surface area contributed by atoms with E-state index in [2.05, 4.69) is 5.32 Å². The second-order valence-electron chi connectivity index (χ2n) is 6.35. The number of nitro groups is 1. The fourth-order valence-corrected chi connectivity index (χ4v) is 3.08. The summed E-state index contributed by atoms with van der Waals surface area (Å²) in [5, 5.41) is 13.7. The van der Waals surface area contributed by atoms with Gasteiger partial charge in [-0.2, -0.15) is 4.39 Å². The molecule has 2 aromatic rings. The fourth-order valence-electron chi connectivity index (χ4n) is 3.08. The number of anilines is 1. The van der Waals surface area contributed by atoms with Crippen molar-refractivity contribution >= 4 is 23.2 Å². The van der Waals surface area contributed by atoms with E-state index in [0.29, 0.717) is 25.9 Å². The van der Waals surface area contributed by atoms with Crippen molar-refractivity contribution in [2.45, 2.75) is 12.8 Å². The van der Waals surface area contributed by atoms with Gasteiger partial charge < -0.3 is 10.2 Å². The third-order valence-electron chi connectivity index (χ3n) is 4.58. The Morgan fingerprint density at radius 3 is 2.41 bits per heavy atom. The maximum atomic E-state index is 13.4. The van der Waals surface area contributed by atoms with Crippen molar-refractivity contribution in [2.24, 2.45) is 5.92 Å². The van der Waals surface area contributed by atoms with Crippen LogP contribution >= 0.6 is 0 Å². The molecule has 1 saturated heterocycles. The van der Waals surface area contributed by atoms with E-state index >= 15 is 0 Å². The third-order valence-corrected chi connectivity index (χ3v) is 4.58. The van der Waals surface area contributed by atoms with Gasteiger partial charge in [-0.15, -0.1) is 0 Å². The zero-order valence-corrected chi connectivity index (χ0v) is 14.4. The molecule has 1 aliphatic heterocycles. The molecule has 1 aliphatic rings. The van der Waals surface area contributed by atoms with Gasteiger partial charge in [0, 0.05) is 36.3 Å². The molecule has 0 spiro atoms. The Morgan fingerprint density at radius 2 is 1.78 bits per heavy atom. The van der Waals surface area contributed by atoms with Gasteiger partial charge >= 0.3 is 5.69 Å². The van der Waals surface area contributed by atoms with E-state index in [1.807, 2.05) is 18.2 Å². The van der Waals surface area contributed by atoms with Gasteiger partial charge in [0.25, 0.3) is 5.91 Å². The predicted octanol–water partition coefficient (Wildman–Crippen LogP) is 3.22. The number of nitrogens with one attached hydrogen (secondary N) is 1. The van der Waals surface area contributed by atoms with Crippen molar-refractivity contribution < 1.29 is 18.9 Å². The largest absolute Gasteiger partial charge is 0.339 e. The maximum Gasteiger partial charge on any atom is 0.305 e. The van der Waals surface area contributed by atoms with E-state index < -0.39 is 22.3 Å². The number of carbonyl (C=O) groups excluding carboxylic acids is 2. The lowest BCUT2D eigenvalue weighted by Gasteiger charge is -2.31. The zero-order valence-electron chi connectivity index (χ0n) is 14.4. The van der Waals surface area contributed by atoms with Crippen molar-refractivity contribution in [3.8, 4) is 0 Å². The molecule has 1 N–H and O–H groups in total. The molecular formula is C19H18FN3O4. The van der Waals surface area contributed by atoms with Gasteiger partial charge in [0.2, 0.25) is 11.7 Å². The van der Waals surface area contributed by atoms with Gasteiger partial charge in [0.05, 0.1) is 4.92 Å². The second kappa shape index (κ2) is 7.94. The number of amides is 2. The molecule has 0 aromatic heterocycles. The Labute approximate surface area is 154 Å². The molecule has 0 aliphatic carbocycles. The molecule has 2 amide bonds. The van der Waals surface area contributed by atoms with Crippen LogP contribution in [0.4, 0.5) is 15.8 Å². The minimum absolute atomic E-state index is 0.0651. The number of hydrogen-bond acceptors (Lipinski definition) is 4. The first-order valence-corrected chi connectivity index (χ1v) is 8.55. The van der Waals surface area contributed by atoms with Crippen molar-refractivity contribution in [1.29, 1.82) is 0 Å². The number of benzene rings is 2. The summed E-state index contributed by atoms with van der Waals surface area (Å²) in [7, 11) is 0. The molecule has 1 fully saturated rings. The van der Waals surface area contributed by atoms with E-state index in [1.165, 1.54) is 11.0 Å². The normalized spacial score (nSPS) is 14.6. The van der Waals surface area contributed by atoms with Crippen LogP contribution in [0.1, 0.15) is 23.2 Å². The standard InChI is InChI=1S/C19H18FN3O4/c20-16-7-6-14(12-17(16)23(26)27)19(25)22-10-8-13(9-11-22)18(24)21-15-4-2-1-3-5-15/h1-7,12-13H,8-11H2,(H,21,24). The summed E-state index contributed by atoms with van der Waals surface area (Å²) < 4.78 is 13.4. The molecule has 140 valence electrons. The van der Waals surface area contributed by atoms with Crippen LogP contribution < -0.4 is 5.32 Å². The summed E-state index contributed by atoms with van der Waals surface area (Å²) >= 11 is 0. The average Bonchev–Trinajstić information content (AvgIpc) is 2.68. The number of nitro benzene ring substituents is 1. The van der Waals surface area contributed by atoms with Crippen LogP contribution in [0.2, 0.25) is 0 Å². The molecule has 8 heteroatoms. The van der Waals surface area contributed by atoms with Gasteiger partial charge in [0.15, 0.2) is 0 Å². The third kappa shape index (κ3) is 4.28. The maximum absolute atomic E-state index is 13.4. The molecule has 2 aromatic carbocycles. The van der Waals surface area contributed by atoms with Crippen LogP contribution in [0.3, 0.4) is 0 Å². The molecule has 0 saturated carbocycles. The molecule has 3 rings (SSSR count). The van der Waals surface area contributed by atoms with Crippen LogP contribution in [-0.2, 0) is 4.79 Å².